The third-order valence-electron chi connectivity index (χ3n) is 5.84. The van der Waals surface area contributed by atoms with Crippen molar-refractivity contribution in [2.24, 2.45) is 11.3 Å². The van der Waals surface area contributed by atoms with Gasteiger partial charge in [-0.15, -0.1) is 0 Å². The van der Waals surface area contributed by atoms with Crippen LogP contribution in [0.15, 0.2) is 24.3 Å². The molecule has 110 valence electrons. The molecule has 3 rings (SSSR count). The van der Waals surface area contributed by atoms with Gasteiger partial charge in [0.15, 0.2) is 0 Å². The van der Waals surface area contributed by atoms with E-state index in [9.17, 15) is 5.11 Å². The summed E-state index contributed by atoms with van der Waals surface area (Å²) in [6.07, 6.45) is 7.17. The molecule has 0 radical (unpaired) electrons. The smallest absolute Gasteiger partial charge is 0.0922 e. The van der Waals surface area contributed by atoms with E-state index < -0.39 is 5.60 Å². The van der Waals surface area contributed by atoms with Gasteiger partial charge in [-0.25, -0.2) is 0 Å². The summed E-state index contributed by atoms with van der Waals surface area (Å²) in [5.74, 6) is 1.11. The maximum Gasteiger partial charge on any atom is 0.0922 e. The Morgan fingerprint density at radius 2 is 1.70 bits per heavy atom. The van der Waals surface area contributed by atoms with Crippen LogP contribution in [0.2, 0.25) is 0 Å². The Hall–Kier alpha value is -0.820. The third-order valence-corrected chi connectivity index (χ3v) is 5.84. The van der Waals surface area contributed by atoms with E-state index in [0.29, 0.717) is 11.3 Å². The highest BCUT2D eigenvalue weighted by Crippen LogP contribution is 2.49. The quantitative estimate of drug-likeness (QED) is 0.804. The number of aliphatic hydroxyl groups is 1. The average molecular weight is 272 g/mol. The molecule has 0 aliphatic heterocycles. The van der Waals surface area contributed by atoms with Gasteiger partial charge in [0.1, 0.15) is 0 Å². The van der Waals surface area contributed by atoms with Crippen LogP contribution in [0.3, 0.4) is 0 Å². The van der Waals surface area contributed by atoms with Crippen molar-refractivity contribution in [3.05, 3.63) is 35.4 Å². The maximum absolute atomic E-state index is 11.1. The second-order valence-electron chi connectivity index (χ2n) is 7.94. The molecule has 2 saturated carbocycles. The van der Waals surface area contributed by atoms with Crippen molar-refractivity contribution in [3.8, 4) is 0 Å². The Bertz CT molecular complexity index is 469. The molecule has 0 aromatic heterocycles. The van der Waals surface area contributed by atoms with Crippen LogP contribution in [0.1, 0.15) is 76.3 Å². The van der Waals surface area contributed by atoms with Crippen molar-refractivity contribution < 1.29 is 5.11 Å². The Labute approximate surface area is 123 Å². The molecule has 20 heavy (non-hydrogen) atoms. The zero-order valence-corrected chi connectivity index (χ0v) is 13.2. The van der Waals surface area contributed by atoms with Crippen LogP contribution in [0.4, 0.5) is 0 Å². The van der Waals surface area contributed by atoms with Crippen LogP contribution in [0.5, 0.6) is 0 Å². The summed E-state index contributed by atoms with van der Waals surface area (Å²) >= 11 is 0. The summed E-state index contributed by atoms with van der Waals surface area (Å²) in [6, 6.07) is 8.87. The van der Waals surface area contributed by atoms with Crippen molar-refractivity contribution in [2.75, 3.05) is 0 Å². The zero-order chi connectivity index (χ0) is 14.4. The highest BCUT2D eigenvalue weighted by molar-refractivity contribution is 5.31. The Morgan fingerprint density at radius 1 is 1.05 bits per heavy atom. The molecule has 2 atom stereocenters. The SMILES string of the molecule is CC1CC(C)(C)CCC1(O)c1ccc(C2CCC2)cc1. The van der Waals surface area contributed by atoms with Gasteiger partial charge < -0.3 is 5.11 Å². The van der Waals surface area contributed by atoms with E-state index in [4.69, 9.17) is 0 Å². The van der Waals surface area contributed by atoms with Gasteiger partial charge in [-0.2, -0.15) is 0 Å². The van der Waals surface area contributed by atoms with Gasteiger partial charge in [-0.1, -0.05) is 51.5 Å². The van der Waals surface area contributed by atoms with Crippen LogP contribution >= 0.6 is 0 Å². The molecule has 1 heteroatoms. The van der Waals surface area contributed by atoms with Gasteiger partial charge in [0, 0.05) is 0 Å². The van der Waals surface area contributed by atoms with Gasteiger partial charge in [0.25, 0.3) is 0 Å². The van der Waals surface area contributed by atoms with E-state index in [-0.39, 0.29) is 0 Å². The molecule has 1 nitrogen and oxygen atoms in total. The molecule has 2 aliphatic rings. The average Bonchev–Trinajstić information content (AvgIpc) is 2.33. The Balaban J connectivity index is 1.80. The summed E-state index contributed by atoms with van der Waals surface area (Å²) in [7, 11) is 0. The van der Waals surface area contributed by atoms with E-state index in [2.05, 4.69) is 45.0 Å². The maximum atomic E-state index is 11.1. The number of rotatable bonds is 2. The van der Waals surface area contributed by atoms with Crippen LogP contribution < -0.4 is 0 Å². The van der Waals surface area contributed by atoms with Gasteiger partial charge >= 0.3 is 0 Å². The van der Waals surface area contributed by atoms with E-state index in [1.807, 2.05) is 0 Å². The molecule has 1 N–H and O–H groups in total. The van der Waals surface area contributed by atoms with Crippen molar-refractivity contribution in [2.45, 2.75) is 70.8 Å². The highest BCUT2D eigenvalue weighted by atomic mass is 16.3. The Kier molecular flexibility index (Phi) is 3.44. The number of benzene rings is 1. The molecular formula is C19H28O. The summed E-state index contributed by atoms with van der Waals surface area (Å²) in [5.41, 5.74) is 2.35. The van der Waals surface area contributed by atoms with Crippen molar-refractivity contribution in [1.82, 2.24) is 0 Å². The first-order chi connectivity index (χ1) is 9.41. The van der Waals surface area contributed by atoms with Crippen LogP contribution in [0.25, 0.3) is 0 Å². The fourth-order valence-electron chi connectivity index (χ4n) is 4.09. The molecule has 2 fully saturated rings. The fourth-order valence-corrected chi connectivity index (χ4v) is 4.09. The fraction of sp³-hybridized carbons (Fsp3) is 0.684. The zero-order valence-electron chi connectivity index (χ0n) is 13.2. The third kappa shape index (κ3) is 2.41. The van der Waals surface area contributed by atoms with Gasteiger partial charge in [0.2, 0.25) is 0 Å². The lowest BCUT2D eigenvalue weighted by Gasteiger charge is -2.45. The second kappa shape index (κ2) is 4.87. The largest absolute Gasteiger partial charge is 0.385 e. The first-order valence-electron chi connectivity index (χ1n) is 8.24. The first kappa shape index (κ1) is 14.1. The molecule has 0 bridgehead atoms. The van der Waals surface area contributed by atoms with Gasteiger partial charge in [-0.05, 0) is 60.5 Å². The van der Waals surface area contributed by atoms with Gasteiger partial charge in [0.05, 0.1) is 5.60 Å². The summed E-state index contributed by atoms with van der Waals surface area (Å²) in [5, 5.41) is 11.1. The summed E-state index contributed by atoms with van der Waals surface area (Å²) < 4.78 is 0. The summed E-state index contributed by atoms with van der Waals surface area (Å²) in [4.78, 5) is 0. The van der Waals surface area contributed by atoms with Crippen LogP contribution in [-0.4, -0.2) is 5.11 Å². The molecule has 1 aromatic rings. The van der Waals surface area contributed by atoms with E-state index in [1.165, 1.54) is 24.8 Å². The number of hydrogen-bond acceptors (Lipinski definition) is 1. The molecule has 0 heterocycles. The first-order valence-corrected chi connectivity index (χ1v) is 8.24. The lowest BCUT2D eigenvalue weighted by Crippen LogP contribution is -2.41. The molecular weight excluding hydrogens is 244 g/mol. The molecule has 0 spiro atoms. The summed E-state index contributed by atoms with van der Waals surface area (Å²) in [6.45, 7) is 6.85. The Morgan fingerprint density at radius 3 is 2.20 bits per heavy atom. The van der Waals surface area contributed by atoms with Gasteiger partial charge in [-0.3, -0.25) is 0 Å². The normalized spacial score (nSPS) is 33.7. The molecule has 0 amide bonds. The second-order valence-corrected chi connectivity index (χ2v) is 7.94. The van der Waals surface area contributed by atoms with Crippen LogP contribution in [0, 0.1) is 11.3 Å². The standard InChI is InChI=1S/C19H28O/c1-14-13-18(2,3)11-12-19(14,20)17-9-7-16(8-10-17)15-5-4-6-15/h7-10,14-15,20H,4-6,11-13H2,1-3H3. The van der Waals surface area contributed by atoms with E-state index >= 15 is 0 Å². The molecule has 0 saturated heterocycles. The lowest BCUT2D eigenvalue weighted by atomic mass is 9.63. The van der Waals surface area contributed by atoms with E-state index in [1.54, 1.807) is 0 Å². The highest BCUT2D eigenvalue weighted by Gasteiger charge is 2.43. The molecule has 2 aliphatic carbocycles. The monoisotopic (exact) mass is 272 g/mol. The van der Waals surface area contributed by atoms with Crippen molar-refractivity contribution in [3.63, 3.8) is 0 Å². The lowest BCUT2D eigenvalue weighted by molar-refractivity contribution is -0.0769. The minimum atomic E-state index is -0.617. The van der Waals surface area contributed by atoms with E-state index in [0.717, 1.165) is 30.7 Å². The predicted molar refractivity (Wildman–Crippen MR) is 83.7 cm³/mol. The predicted octanol–water partition coefficient (Wildman–Crippen LogP) is 4.99. The number of hydrogen-bond donors (Lipinski definition) is 1. The van der Waals surface area contributed by atoms with Crippen molar-refractivity contribution in [1.29, 1.82) is 0 Å². The minimum absolute atomic E-state index is 0.334. The topological polar surface area (TPSA) is 20.2 Å². The van der Waals surface area contributed by atoms with Crippen molar-refractivity contribution >= 4 is 0 Å². The minimum Gasteiger partial charge on any atom is -0.385 e. The van der Waals surface area contributed by atoms with Crippen LogP contribution in [-0.2, 0) is 5.60 Å². The molecule has 2 unspecified atom stereocenters. The molecule has 1 aromatic carbocycles.